The smallest absolute Gasteiger partial charge is 0.248 e. The second-order valence-corrected chi connectivity index (χ2v) is 6.95. The number of hydrogen-bond donors (Lipinski definition) is 4. The van der Waals surface area contributed by atoms with E-state index < -0.39 is 18.3 Å². The summed E-state index contributed by atoms with van der Waals surface area (Å²) in [5.41, 5.74) is 0.535. The quantitative estimate of drug-likeness (QED) is 0.119. The van der Waals surface area contributed by atoms with Crippen LogP contribution < -0.4 is 10.3 Å². The number of benzene rings is 1. The van der Waals surface area contributed by atoms with Gasteiger partial charge in [-0.05, 0) is 23.6 Å². The van der Waals surface area contributed by atoms with Gasteiger partial charge in [0.15, 0.2) is 0 Å². The molecule has 10 nitrogen and oxygen atoms in total. The zero-order valence-corrected chi connectivity index (χ0v) is 25.7. The molecule has 1 aromatic heterocycles. The number of aromatic nitrogens is 1. The Hall–Kier alpha value is -3.31. The number of ether oxygens (including phenoxy) is 5. The van der Waals surface area contributed by atoms with E-state index in [-0.39, 0.29) is 45.2 Å². The molecule has 1 heterocycles. The van der Waals surface area contributed by atoms with Crippen LogP contribution in [-0.2, 0) is 18.9 Å². The van der Waals surface area contributed by atoms with Crippen molar-refractivity contribution >= 4 is 10.9 Å². The SMILES string of the molecule is C=CCOCC(O)COCC(O)CO[CH2-].[CH2-]OCC(O)COc1ccc2ccc(=O)[nH]c2c1.[Rf]. The first-order valence-electron chi connectivity index (χ1n) is 10.2. The number of H-pyrrole nitrogens is 1. The molecule has 0 saturated carbocycles. The standard InChI is InChI=1S/C13H14NO4.C10H19O5.Rf/c1-17-7-10(15)8-18-11-4-2-9-3-5-13(16)14-12(9)6-11;1-3-4-14-6-10(12)8-15-7-9(11)5-13-2;/h2-6,10,15H,1,7-8H2,(H,14,16);3,9-12H,1-2,4-8H2;/q2*-1;. The van der Waals surface area contributed by atoms with E-state index in [0.717, 1.165) is 5.39 Å². The van der Waals surface area contributed by atoms with Crippen molar-refractivity contribution in [3.05, 3.63) is 67.6 Å². The fourth-order valence-electron chi connectivity index (χ4n) is 2.45. The fourth-order valence-corrected chi connectivity index (χ4v) is 2.45. The van der Waals surface area contributed by atoms with E-state index in [2.05, 4.69) is 35.3 Å². The molecule has 0 amide bonds. The van der Waals surface area contributed by atoms with Crippen molar-refractivity contribution in [2.45, 2.75) is 18.3 Å². The van der Waals surface area contributed by atoms with E-state index in [4.69, 9.17) is 19.3 Å². The van der Waals surface area contributed by atoms with Crippen molar-refractivity contribution in [3.63, 3.8) is 0 Å². The van der Waals surface area contributed by atoms with Crippen LogP contribution in [0.25, 0.3) is 10.9 Å². The number of aliphatic hydroxyl groups excluding tert-OH is 3. The molecule has 1 aromatic carbocycles. The number of rotatable bonds is 15. The van der Waals surface area contributed by atoms with Crippen LogP contribution in [0.4, 0.5) is 0 Å². The summed E-state index contributed by atoms with van der Waals surface area (Å²) in [6.07, 6.45) is -0.544. The van der Waals surface area contributed by atoms with Crippen LogP contribution in [0.3, 0.4) is 0 Å². The van der Waals surface area contributed by atoms with E-state index in [0.29, 0.717) is 17.9 Å². The van der Waals surface area contributed by atoms with E-state index >= 15 is 0 Å². The summed E-state index contributed by atoms with van der Waals surface area (Å²) < 4.78 is 24.4. The monoisotopic (exact) mass is 734 g/mol. The maximum absolute atomic E-state index is 11.2. The van der Waals surface area contributed by atoms with Gasteiger partial charge in [-0.1, -0.05) is 6.08 Å². The Morgan fingerprint density at radius 2 is 1.44 bits per heavy atom. The zero-order chi connectivity index (χ0) is 24.5. The van der Waals surface area contributed by atoms with Crippen molar-refractivity contribution in [1.29, 1.82) is 0 Å². The van der Waals surface area contributed by atoms with Crippen LogP contribution in [0.5, 0.6) is 5.75 Å². The van der Waals surface area contributed by atoms with Crippen LogP contribution in [0.2, 0.25) is 0 Å². The Kier molecular flexibility index (Phi) is 16.4. The van der Waals surface area contributed by atoms with E-state index in [9.17, 15) is 15.0 Å². The molecule has 0 fully saturated rings. The number of hydrogen-bond acceptors (Lipinski definition) is 9. The van der Waals surface area contributed by atoms with E-state index in [1.807, 2.05) is 6.07 Å². The molecule has 3 atom stereocenters. The third-order valence-electron chi connectivity index (χ3n) is 3.93. The summed E-state index contributed by atoms with van der Waals surface area (Å²) in [6.45, 7) is 4.62. The average molecular weight is 735 g/mol. The molecule has 0 saturated heterocycles. The van der Waals surface area contributed by atoms with Gasteiger partial charge in [-0.25, -0.2) is 14.2 Å². The van der Waals surface area contributed by atoms with E-state index in [1.165, 1.54) is 6.07 Å². The Labute approximate surface area is 193 Å². The second-order valence-electron chi connectivity index (χ2n) is 6.95. The Morgan fingerprint density at radius 3 is 2.06 bits per heavy atom. The van der Waals surface area contributed by atoms with Gasteiger partial charge in [-0.2, -0.15) is 0 Å². The largest absolute Gasteiger partial charge is 0.553 e. The third kappa shape index (κ3) is 13.3. The molecule has 3 unspecified atom stereocenters. The second kappa shape index (κ2) is 18.2. The van der Waals surface area contributed by atoms with Gasteiger partial charge in [0.2, 0.25) is 5.56 Å². The van der Waals surface area contributed by atoms with Crippen molar-refractivity contribution in [3.8, 4) is 5.75 Å². The van der Waals surface area contributed by atoms with Crippen molar-refractivity contribution in [2.75, 3.05) is 46.2 Å². The molecule has 0 aliphatic heterocycles. The average Bonchev–Trinajstić information content (AvgIpc) is 2.78. The molecule has 0 bridgehead atoms. The summed E-state index contributed by atoms with van der Waals surface area (Å²) in [6, 6.07) is 8.54. The minimum Gasteiger partial charge on any atom is -0.553 e. The van der Waals surface area contributed by atoms with Crippen LogP contribution in [0, 0.1) is 14.2 Å². The van der Waals surface area contributed by atoms with Crippen LogP contribution >= 0.6 is 0 Å². The minimum absolute atomic E-state index is 0. The molecule has 2 aromatic rings. The fraction of sp³-hybridized carbons (Fsp3) is 0.435. The first-order valence-corrected chi connectivity index (χ1v) is 10.2. The maximum atomic E-state index is 11.2. The predicted octanol–water partition coefficient (Wildman–Crippen LogP) is 0.812. The van der Waals surface area contributed by atoms with Gasteiger partial charge in [0.25, 0.3) is 0 Å². The summed E-state index contributed by atoms with van der Waals surface area (Å²) in [5.74, 6) is 0.576. The summed E-state index contributed by atoms with van der Waals surface area (Å²) in [5, 5.41) is 28.8. The third-order valence-corrected chi connectivity index (χ3v) is 3.93. The van der Waals surface area contributed by atoms with Gasteiger partial charge in [0, 0.05) is 25.3 Å². The van der Waals surface area contributed by atoms with Crippen LogP contribution in [0.1, 0.15) is 0 Å². The Morgan fingerprint density at radius 1 is 0.882 bits per heavy atom. The predicted molar refractivity (Wildman–Crippen MR) is 123 cm³/mol. The maximum Gasteiger partial charge on any atom is 0.248 e. The van der Waals surface area contributed by atoms with E-state index in [1.54, 1.807) is 24.3 Å². The topological polar surface area (TPSA) is 140 Å². The molecule has 188 valence electrons. The molecule has 0 spiro atoms. The Bertz CT molecular complexity index is 849. The molecular weight excluding hydrogens is 701 g/mol. The van der Waals surface area contributed by atoms with Crippen molar-refractivity contribution < 1.29 is 39.0 Å². The Balaban J connectivity index is 0.000000635. The minimum atomic E-state index is -0.729. The van der Waals surface area contributed by atoms with Gasteiger partial charge in [0.1, 0.15) is 24.6 Å². The number of nitrogens with one attached hydrogen (secondary N) is 1. The van der Waals surface area contributed by atoms with Crippen molar-refractivity contribution in [1.82, 2.24) is 4.98 Å². The van der Waals surface area contributed by atoms with Gasteiger partial charge in [0.05, 0.1) is 38.0 Å². The molecule has 0 aliphatic carbocycles. The van der Waals surface area contributed by atoms with Crippen LogP contribution in [0.15, 0.2) is 47.8 Å². The first kappa shape index (κ1) is 30.7. The number of aliphatic hydroxyl groups is 3. The summed E-state index contributed by atoms with van der Waals surface area (Å²) in [4.78, 5) is 13.9. The molecule has 4 N–H and O–H groups in total. The molecule has 11 heteroatoms. The normalized spacial score (nSPS) is 13.2. The van der Waals surface area contributed by atoms with Gasteiger partial charge in [-0.3, -0.25) is 4.79 Å². The number of pyridine rings is 1. The van der Waals surface area contributed by atoms with Gasteiger partial charge in [-0.15, -0.1) is 6.58 Å². The summed E-state index contributed by atoms with van der Waals surface area (Å²) in [7, 11) is 6.30. The molecule has 0 radical (unpaired) electrons. The zero-order valence-electron chi connectivity index (χ0n) is 19.3. The van der Waals surface area contributed by atoms with Crippen molar-refractivity contribution in [2.24, 2.45) is 0 Å². The van der Waals surface area contributed by atoms with Gasteiger partial charge < -0.3 is 44.0 Å². The number of fused-ring (bicyclic) bond motifs is 1. The molecule has 2 rings (SSSR count). The van der Waals surface area contributed by atoms with Gasteiger partial charge >= 0.3 is 0 Å². The first-order chi connectivity index (χ1) is 15.9. The summed E-state index contributed by atoms with van der Waals surface area (Å²) >= 11 is 0. The molecule has 0 aliphatic rings. The number of aromatic amines is 1. The molecule has 34 heavy (non-hydrogen) atoms. The van der Waals surface area contributed by atoms with Crippen LogP contribution in [-0.4, -0.2) is 84.9 Å². The molecular formula is C23H33NO9Rf-2.